The Hall–Kier alpha value is -3.59. The Morgan fingerprint density at radius 3 is 2.17 bits per heavy atom. The highest BCUT2D eigenvalue weighted by Crippen LogP contribution is 2.44. The van der Waals surface area contributed by atoms with E-state index in [1.165, 1.54) is 33.5 Å². The number of pyridine rings is 1. The second kappa shape index (κ2) is 7.34. The fourth-order valence-electron chi connectivity index (χ4n) is 4.47. The molecule has 4 aromatic rings. The van der Waals surface area contributed by atoms with Crippen LogP contribution in [0.15, 0.2) is 85.1 Å². The Morgan fingerprint density at radius 1 is 0.667 bits per heavy atom. The van der Waals surface area contributed by atoms with Gasteiger partial charge in [0.1, 0.15) is 6.67 Å². The molecule has 0 N–H and O–H groups in total. The van der Waals surface area contributed by atoms with Gasteiger partial charge in [0.05, 0.1) is 5.69 Å². The first-order valence-electron chi connectivity index (χ1n) is 10.4. The molecule has 0 bridgehead atoms. The topological polar surface area (TPSA) is 19.4 Å². The first-order valence-corrected chi connectivity index (χ1v) is 10.4. The zero-order chi connectivity index (χ0) is 20.7. The minimum atomic E-state index is 0.743. The Balaban J connectivity index is 1.60. The van der Waals surface area contributed by atoms with Gasteiger partial charge >= 0.3 is 0 Å². The minimum absolute atomic E-state index is 0.743. The minimum Gasteiger partial charge on any atom is -0.319 e. The summed E-state index contributed by atoms with van der Waals surface area (Å²) in [6, 6.07) is 28.0. The molecule has 0 radical (unpaired) electrons. The number of nitrogens with zero attached hydrogens (tertiary/aromatic N) is 3. The third-order valence-corrected chi connectivity index (χ3v) is 5.93. The molecule has 148 valence electrons. The molecule has 5 rings (SSSR count). The smallest absolute Gasteiger partial charge is 0.158 e. The van der Waals surface area contributed by atoms with Crippen molar-refractivity contribution < 1.29 is 0 Å². The highest BCUT2D eigenvalue weighted by atomic mass is 15.4. The van der Waals surface area contributed by atoms with Gasteiger partial charge in [0.15, 0.2) is 5.82 Å². The number of anilines is 4. The standard InChI is InChI=1S/C27H25N3/c1-19-9-4-5-14-24(19)30-18-29(27-25(30)15-8-16-28-27)23-13-7-12-22(17-23)26-20(2)10-6-11-21(26)3/h4-17H,18H2,1-3H3. The highest BCUT2D eigenvalue weighted by Gasteiger charge is 2.29. The average molecular weight is 392 g/mol. The molecular weight excluding hydrogens is 366 g/mol. The molecule has 0 saturated carbocycles. The van der Waals surface area contributed by atoms with Crippen molar-refractivity contribution in [2.24, 2.45) is 0 Å². The summed E-state index contributed by atoms with van der Waals surface area (Å²) in [7, 11) is 0. The molecule has 0 amide bonds. The van der Waals surface area contributed by atoms with E-state index >= 15 is 0 Å². The van der Waals surface area contributed by atoms with E-state index in [1.807, 2.05) is 12.3 Å². The summed E-state index contributed by atoms with van der Waals surface area (Å²) in [5.41, 5.74) is 9.95. The predicted octanol–water partition coefficient (Wildman–Crippen LogP) is 6.92. The number of hydrogen-bond acceptors (Lipinski definition) is 3. The Kier molecular flexibility index (Phi) is 4.51. The van der Waals surface area contributed by atoms with E-state index in [0.29, 0.717) is 0 Å². The molecule has 0 unspecified atom stereocenters. The summed E-state index contributed by atoms with van der Waals surface area (Å²) in [6.45, 7) is 7.27. The van der Waals surface area contributed by atoms with Crippen LogP contribution in [0.2, 0.25) is 0 Å². The summed E-state index contributed by atoms with van der Waals surface area (Å²) < 4.78 is 0. The molecule has 0 saturated heterocycles. The molecule has 1 aliphatic heterocycles. The third-order valence-electron chi connectivity index (χ3n) is 5.93. The van der Waals surface area contributed by atoms with Gasteiger partial charge in [-0.2, -0.15) is 0 Å². The van der Waals surface area contributed by atoms with Crippen molar-refractivity contribution in [2.75, 3.05) is 16.5 Å². The van der Waals surface area contributed by atoms with Gasteiger partial charge in [0.2, 0.25) is 0 Å². The number of benzene rings is 3. The highest BCUT2D eigenvalue weighted by molar-refractivity contribution is 5.86. The summed E-state index contributed by atoms with van der Waals surface area (Å²) in [4.78, 5) is 9.40. The van der Waals surface area contributed by atoms with Gasteiger partial charge in [0, 0.05) is 17.6 Å². The molecule has 0 atom stereocenters. The van der Waals surface area contributed by atoms with Gasteiger partial charge in [0.25, 0.3) is 0 Å². The summed E-state index contributed by atoms with van der Waals surface area (Å²) in [5, 5.41) is 0. The van der Waals surface area contributed by atoms with Crippen molar-refractivity contribution in [3.63, 3.8) is 0 Å². The van der Waals surface area contributed by atoms with Gasteiger partial charge in [-0.1, -0.05) is 48.5 Å². The van der Waals surface area contributed by atoms with Crippen LogP contribution in [0.3, 0.4) is 0 Å². The van der Waals surface area contributed by atoms with E-state index in [1.54, 1.807) is 0 Å². The van der Waals surface area contributed by atoms with E-state index < -0.39 is 0 Å². The lowest BCUT2D eigenvalue weighted by Crippen LogP contribution is -2.24. The first kappa shape index (κ1) is 18.4. The number of rotatable bonds is 3. The van der Waals surface area contributed by atoms with E-state index in [0.717, 1.165) is 23.9 Å². The molecule has 30 heavy (non-hydrogen) atoms. The maximum absolute atomic E-state index is 4.74. The van der Waals surface area contributed by atoms with Crippen LogP contribution in [0.25, 0.3) is 11.1 Å². The molecule has 3 heteroatoms. The van der Waals surface area contributed by atoms with E-state index in [9.17, 15) is 0 Å². The summed E-state index contributed by atoms with van der Waals surface area (Å²) in [5.74, 6) is 0.999. The summed E-state index contributed by atoms with van der Waals surface area (Å²) >= 11 is 0. The van der Waals surface area contributed by atoms with Crippen molar-refractivity contribution in [1.82, 2.24) is 4.98 Å². The lowest BCUT2D eigenvalue weighted by atomic mass is 9.95. The van der Waals surface area contributed by atoms with Crippen molar-refractivity contribution in [1.29, 1.82) is 0 Å². The zero-order valence-electron chi connectivity index (χ0n) is 17.6. The maximum Gasteiger partial charge on any atom is 0.158 e. The molecule has 1 aromatic heterocycles. The molecular formula is C27H25N3. The second-order valence-corrected chi connectivity index (χ2v) is 7.95. The first-order chi connectivity index (χ1) is 14.6. The van der Waals surface area contributed by atoms with Gasteiger partial charge in [-0.15, -0.1) is 0 Å². The van der Waals surface area contributed by atoms with Crippen molar-refractivity contribution in [2.45, 2.75) is 20.8 Å². The molecule has 3 aromatic carbocycles. The van der Waals surface area contributed by atoms with Crippen LogP contribution in [0.1, 0.15) is 16.7 Å². The Bertz CT molecular complexity index is 1210. The van der Waals surface area contributed by atoms with E-state index in [-0.39, 0.29) is 0 Å². The van der Waals surface area contributed by atoms with Crippen LogP contribution in [0, 0.1) is 20.8 Å². The zero-order valence-corrected chi connectivity index (χ0v) is 17.6. The lowest BCUT2D eigenvalue weighted by molar-refractivity contribution is 0.977. The number of hydrogen-bond donors (Lipinski definition) is 0. The second-order valence-electron chi connectivity index (χ2n) is 7.95. The van der Waals surface area contributed by atoms with E-state index in [4.69, 9.17) is 4.98 Å². The predicted molar refractivity (Wildman–Crippen MR) is 126 cm³/mol. The fourth-order valence-corrected chi connectivity index (χ4v) is 4.47. The molecule has 1 aliphatic rings. The van der Waals surface area contributed by atoms with Crippen LogP contribution in [-0.4, -0.2) is 11.7 Å². The SMILES string of the molecule is Cc1ccccc1N1CN(c2cccc(-c3c(C)cccc3C)c2)c2ncccc21. The molecule has 0 fully saturated rings. The summed E-state index contributed by atoms with van der Waals surface area (Å²) in [6.07, 6.45) is 1.88. The van der Waals surface area contributed by atoms with Crippen molar-refractivity contribution in [3.8, 4) is 11.1 Å². The van der Waals surface area contributed by atoms with Crippen LogP contribution < -0.4 is 9.80 Å². The Labute approximate surface area is 178 Å². The molecule has 2 heterocycles. The van der Waals surface area contributed by atoms with Crippen LogP contribution >= 0.6 is 0 Å². The van der Waals surface area contributed by atoms with E-state index in [2.05, 4.69) is 103 Å². The monoisotopic (exact) mass is 391 g/mol. The maximum atomic E-state index is 4.74. The fraction of sp³-hybridized carbons (Fsp3) is 0.148. The molecule has 3 nitrogen and oxygen atoms in total. The van der Waals surface area contributed by atoms with Crippen molar-refractivity contribution >= 4 is 22.9 Å². The van der Waals surface area contributed by atoms with Crippen LogP contribution in [0.4, 0.5) is 22.9 Å². The normalized spacial score (nSPS) is 12.9. The quantitative estimate of drug-likeness (QED) is 0.378. The van der Waals surface area contributed by atoms with Crippen LogP contribution in [0.5, 0.6) is 0 Å². The number of para-hydroxylation sites is 1. The molecule has 0 aliphatic carbocycles. The molecule has 0 spiro atoms. The van der Waals surface area contributed by atoms with Crippen molar-refractivity contribution in [3.05, 3.63) is 102 Å². The van der Waals surface area contributed by atoms with Gasteiger partial charge < -0.3 is 9.80 Å². The third kappa shape index (κ3) is 3.03. The Morgan fingerprint density at radius 2 is 1.37 bits per heavy atom. The van der Waals surface area contributed by atoms with Gasteiger partial charge in [-0.05, 0) is 78.9 Å². The number of aryl methyl sites for hydroxylation is 3. The number of fused-ring (bicyclic) bond motifs is 1. The lowest BCUT2D eigenvalue weighted by Gasteiger charge is -2.23. The average Bonchev–Trinajstić information content (AvgIpc) is 3.14. The van der Waals surface area contributed by atoms with Gasteiger partial charge in [-0.3, -0.25) is 0 Å². The largest absolute Gasteiger partial charge is 0.319 e. The number of aromatic nitrogens is 1. The van der Waals surface area contributed by atoms with Crippen LogP contribution in [-0.2, 0) is 0 Å². The van der Waals surface area contributed by atoms with Gasteiger partial charge in [-0.25, -0.2) is 4.98 Å².